The van der Waals surface area contributed by atoms with Crippen LogP contribution in [0.5, 0.6) is 0 Å². The minimum absolute atomic E-state index is 0.122. The number of rotatable bonds is 8. The molecular formula is C15H20FNO2. The Kier molecular flexibility index (Phi) is 6.22. The molecule has 0 aromatic heterocycles. The summed E-state index contributed by atoms with van der Waals surface area (Å²) in [5.41, 5.74) is 2.05. The number of nitrogens with zero attached hydrogens (tertiary/aromatic N) is 1. The van der Waals surface area contributed by atoms with Crippen LogP contribution in [0.1, 0.15) is 18.9 Å². The first-order valence-electron chi connectivity index (χ1n) is 6.30. The predicted octanol–water partition coefficient (Wildman–Crippen LogP) is 2.72. The van der Waals surface area contributed by atoms with Gasteiger partial charge in [-0.2, -0.15) is 0 Å². The third kappa shape index (κ3) is 6.72. The number of hydrogen-bond acceptors (Lipinski definition) is 2. The third-order valence-corrected chi connectivity index (χ3v) is 2.77. The van der Waals surface area contributed by atoms with Gasteiger partial charge in [0.15, 0.2) is 0 Å². The van der Waals surface area contributed by atoms with Crippen LogP contribution in [-0.4, -0.2) is 35.6 Å². The average molecular weight is 265 g/mol. The van der Waals surface area contributed by atoms with Gasteiger partial charge in [-0.05, 0) is 31.0 Å². The van der Waals surface area contributed by atoms with Crippen molar-refractivity contribution in [2.75, 3.05) is 19.6 Å². The number of carbonyl (C=O) groups is 1. The molecule has 0 saturated carbocycles. The molecular weight excluding hydrogens is 245 g/mol. The quantitative estimate of drug-likeness (QED) is 0.735. The summed E-state index contributed by atoms with van der Waals surface area (Å²) < 4.78 is 12.8. The predicted molar refractivity (Wildman–Crippen MR) is 73.6 cm³/mol. The van der Waals surface area contributed by atoms with Crippen molar-refractivity contribution in [1.29, 1.82) is 0 Å². The highest BCUT2D eigenvalue weighted by Gasteiger charge is 2.08. The SMILES string of the molecule is C=C(C)CN(CCC(=O)O)CCc1ccc(F)cc1. The average Bonchev–Trinajstić information content (AvgIpc) is 2.34. The van der Waals surface area contributed by atoms with Crippen molar-refractivity contribution in [2.45, 2.75) is 19.8 Å². The fourth-order valence-corrected chi connectivity index (χ4v) is 1.84. The van der Waals surface area contributed by atoms with Gasteiger partial charge in [0.1, 0.15) is 5.82 Å². The van der Waals surface area contributed by atoms with Crippen LogP contribution in [0.15, 0.2) is 36.4 Å². The molecule has 0 unspecified atom stereocenters. The van der Waals surface area contributed by atoms with Gasteiger partial charge in [0.2, 0.25) is 0 Å². The lowest BCUT2D eigenvalue weighted by Gasteiger charge is -2.21. The molecule has 3 nitrogen and oxygen atoms in total. The van der Waals surface area contributed by atoms with Crippen LogP contribution in [0.25, 0.3) is 0 Å². The van der Waals surface area contributed by atoms with Gasteiger partial charge < -0.3 is 5.11 Å². The third-order valence-electron chi connectivity index (χ3n) is 2.77. The minimum Gasteiger partial charge on any atom is -0.481 e. The van der Waals surface area contributed by atoms with Crippen molar-refractivity contribution < 1.29 is 14.3 Å². The monoisotopic (exact) mass is 265 g/mol. The first kappa shape index (κ1) is 15.4. The van der Waals surface area contributed by atoms with E-state index in [-0.39, 0.29) is 12.2 Å². The maximum Gasteiger partial charge on any atom is 0.304 e. The Morgan fingerprint density at radius 2 is 1.95 bits per heavy atom. The molecule has 0 aliphatic heterocycles. The molecule has 19 heavy (non-hydrogen) atoms. The molecule has 0 radical (unpaired) electrons. The summed E-state index contributed by atoms with van der Waals surface area (Å²) in [5, 5.41) is 8.72. The van der Waals surface area contributed by atoms with Crippen molar-refractivity contribution in [3.8, 4) is 0 Å². The van der Waals surface area contributed by atoms with Crippen LogP contribution in [-0.2, 0) is 11.2 Å². The van der Waals surface area contributed by atoms with Crippen LogP contribution < -0.4 is 0 Å². The molecule has 0 fully saturated rings. The van der Waals surface area contributed by atoms with Gasteiger partial charge >= 0.3 is 5.97 Å². The Labute approximate surface area is 113 Å². The van der Waals surface area contributed by atoms with E-state index in [9.17, 15) is 9.18 Å². The van der Waals surface area contributed by atoms with Crippen LogP contribution >= 0.6 is 0 Å². The highest BCUT2D eigenvalue weighted by atomic mass is 19.1. The summed E-state index contributed by atoms with van der Waals surface area (Å²) in [6.07, 6.45) is 0.893. The largest absolute Gasteiger partial charge is 0.481 e. The zero-order chi connectivity index (χ0) is 14.3. The van der Waals surface area contributed by atoms with Gasteiger partial charge in [0.05, 0.1) is 6.42 Å². The Morgan fingerprint density at radius 3 is 2.47 bits per heavy atom. The molecule has 1 aromatic carbocycles. The minimum atomic E-state index is -0.798. The molecule has 0 atom stereocenters. The zero-order valence-corrected chi connectivity index (χ0v) is 11.2. The second-order valence-electron chi connectivity index (χ2n) is 4.75. The van der Waals surface area contributed by atoms with E-state index in [1.165, 1.54) is 12.1 Å². The summed E-state index contributed by atoms with van der Waals surface area (Å²) in [6, 6.07) is 6.39. The molecule has 0 aliphatic rings. The topological polar surface area (TPSA) is 40.5 Å². The Morgan fingerprint density at radius 1 is 1.32 bits per heavy atom. The van der Waals surface area contributed by atoms with Crippen LogP contribution in [0.3, 0.4) is 0 Å². The van der Waals surface area contributed by atoms with Crippen LogP contribution in [0.4, 0.5) is 4.39 Å². The Hall–Kier alpha value is -1.68. The molecule has 1 N–H and O–H groups in total. The van der Waals surface area contributed by atoms with Crippen molar-refractivity contribution in [3.05, 3.63) is 47.8 Å². The Bertz CT molecular complexity index is 428. The fraction of sp³-hybridized carbons (Fsp3) is 0.400. The van der Waals surface area contributed by atoms with Gasteiger partial charge in [0.25, 0.3) is 0 Å². The lowest BCUT2D eigenvalue weighted by molar-refractivity contribution is -0.137. The molecule has 0 heterocycles. The Balaban J connectivity index is 2.49. The van der Waals surface area contributed by atoms with E-state index >= 15 is 0 Å². The molecule has 1 rings (SSSR count). The standard InChI is InChI=1S/C15H20FNO2/c1-12(2)11-17(10-8-15(18)19)9-7-13-3-5-14(16)6-4-13/h3-6H,1,7-11H2,2H3,(H,18,19). The maximum absolute atomic E-state index is 12.8. The van der Waals surface area contributed by atoms with Crippen molar-refractivity contribution in [3.63, 3.8) is 0 Å². The van der Waals surface area contributed by atoms with Gasteiger partial charge in [-0.25, -0.2) is 4.39 Å². The first-order chi connectivity index (χ1) is 8.97. The molecule has 0 aliphatic carbocycles. The highest BCUT2D eigenvalue weighted by molar-refractivity contribution is 5.66. The second kappa shape index (κ2) is 7.69. The summed E-state index contributed by atoms with van der Waals surface area (Å²) in [4.78, 5) is 12.7. The summed E-state index contributed by atoms with van der Waals surface area (Å²) >= 11 is 0. The van der Waals surface area contributed by atoms with E-state index in [2.05, 4.69) is 11.5 Å². The molecule has 0 saturated heterocycles. The van der Waals surface area contributed by atoms with Crippen LogP contribution in [0, 0.1) is 5.82 Å². The summed E-state index contributed by atoms with van der Waals surface area (Å²) in [7, 11) is 0. The van der Waals surface area contributed by atoms with Crippen LogP contribution in [0.2, 0.25) is 0 Å². The number of aliphatic carboxylic acids is 1. The lowest BCUT2D eigenvalue weighted by atomic mass is 10.1. The lowest BCUT2D eigenvalue weighted by Crippen LogP contribution is -2.30. The molecule has 0 bridgehead atoms. The number of hydrogen-bond donors (Lipinski definition) is 1. The van der Waals surface area contributed by atoms with Gasteiger partial charge in [-0.1, -0.05) is 24.3 Å². The van der Waals surface area contributed by atoms with E-state index < -0.39 is 5.97 Å². The summed E-state index contributed by atoms with van der Waals surface area (Å²) in [5.74, 6) is -1.04. The number of carboxylic acids is 1. The molecule has 0 amide bonds. The summed E-state index contributed by atoms with van der Waals surface area (Å²) in [6.45, 7) is 7.71. The second-order valence-corrected chi connectivity index (χ2v) is 4.75. The number of halogens is 1. The van der Waals surface area contributed by atoms with Gasteiger partial charge in [-0.3, -0.25) is 9.69 Å². The highest BCUT2D eigenvalue weighted by Crippen LogP contribution is 2.06. The van der Waals surface area contributed by atoms with E-state index in [1.54, 1.807) is 12.1 Å². The molecule has 0 spiro atoms. The van der Waals surface area contributed by atoms with Crippen molar-refractivity contribution in [1.82, 2.24) is 4.90 Å². The van der Waals surface area contributed by atoms with E-state index in [1.807, 2.05) is 6.92 Å². The normalized spacial score (nSPS) is 10.7. The number of benzene rings is 1. The van der Waals surface area contributed by atoms with Crippen molar-refractivity contribution >= 4 is 5.97 Å². The maximum atomic E-state index is 12.8. The van der Waals surface area contributed by atoms with Crippen molar-refractivity contribution in [2.24, 2.45) is 0 Å². The van der Waals surface area contributed by atoms with E-state index in [0.717, 1.165) is 24.1 Å². The van der Waals surface area contributed by atoms with Gasteiger partial charge in [-0.15, -0.1) is 0 Å². The molecule has 104 valence electrons. The fourth-order valence-electron chi connectivity index (χ4n) is 1.84. The first-order valence-corrected chi connectivity index (χ1v) is 6.30. The zero-order valence-electron chi connectivity index (χ0n) is 11.2. The molecule has 4 heteroatoms. The van der Waals surface area contributed by atoms with Gasteiger partial charge in [0, 0.05) is 19.6 Å². The smallest absolute Gasteiger partial charge is 0.304 e. The van der Waals surface area contributed by atoms with E-state index in [0.29, 0.717) is 13.1 Å². The van der Waals surface area contributed by atoms with E-state index in [4.69, 9.17) is 5.11 Å². The molecule has 1 aromatic rings. The number of carboxylic acid groups (broad SMARTS) is 1.